The standard InChI is InChI=1S/C23H30N6O.HI/c1-2-24-23(25-13-10-21-26-22(28-27-21)20-9-6-16-30-20)29-14-11-19(12-15-29)17-18-7-4-3-5-8-18;/h3-9,16,19H,2,10-15,17H2,1H3,(H,24,25)(H,26,27,28);1H. The zero-order valence-corrected chi connectivity index (χ0v) is 20.3. The highest BCUT2D eigenvalue weighted by atomic mass is 127. The highest BCUT2D eigenvalue weighted by Gasteiger charge is 2.21. The third-order valence-corrected chi connectivity index (χ3v) is 5.50. The van der Waals surface area contributed by atoms with Crippen molar-refractivity contribution in [2.45, 2.75) is 32.6 Å². The monoisotopic (exact) mass is 534 g/mol. The summed E-state index contributed by atoms with van der Waals surface area (Å²) in [5.41, 5.74) is 1.44. The number of aromatic nitrogens is 3. The second kappa shape index (κ2) is 11.9. The molecule has 31 heavy (non-hydrogen) atoms. The molecular weight excluding hydrogens is 503 g/mol. The fourth-order valence-electron chi connectivity index (χ4n) is 3.91. The molecule has 1 fully saturated rings. The quantitative estimate of drug-likeness (QED) is 0.271. The Kier molecular flexibility index (Phi) is 8.93. The van der Waals surface area contributed by atoms with E-state index in [-0.39, 0.29) is 24.0 Å². The lowest BCUT2D eigenvalue weighted by Crippen LogP contribution is -2.46. The number of aliphatic imine (C=N–C) groups is 1. The maximum Gasteiger partial charge on any atom is 0.216 e. The van der Waals surface area contributed by atoms with Crippen molar-refractivity contribution in [2.75, 3.05) is 26.2 Å². The summed E-state index contributed by atoms with van der Waals surface area (Å²) in [6.07, 6.45) is 5.92. The van der Waals surface area contributed by atoms with Crippen molar-refractivity contribution in [3.63, 3.8) is 0 Å². The Morgan fingerprint density at radius 2 is 2.00 bits per heavy atom. The van der Waals surface area contributed by atoms with Crippen molar-refractivity contribution >= 4 is 29.9 Å². The fourth-order valence-corrected chi connectivity index (χ4v) is 3.91. The van der Waals surface area contributed by atoms with Gasteiger partial charge in [-0.05, 0) is 49.8 Å². The van der Waals surface area contributed by atoms with Gasteiger partial charge < -0.3 is 14.6 Å². The van der Waals surface area contributed by atoms with Gasteiger partial charge in [-0.25, -0.2) is 4.98 Å². The number of aromatic amines is 1. The number of rotatable bonds is 7. The summed E-state index contributed by atoms with van der Waals surface area (Å²) in [5, 5.41) is 10.7. The van der Waals surface area contributed by atoms with Gasteiger partial charge in [0, 0.05) is 32.6 Å². The summed E-state index contributed by atoms with van der Waals surface area (Å²) in [6.45, 7) is 5.75. The van der Waals surface area contributed by atoms with E-state index < -0.39 is 0 Å². The Balaban J connectivity index is 0.00000272. The molecule has 1 saturated heterocycles. The van der Waals surface area contributed by atoms with Gasteiger partial charge in [-0.1, -0.05) is 30.3 Å². The Bertz CT molecular complexity index is 917. The molecule has 7 nitrogen and oxygen atoms in total. The molecular formula is C23H31IN6O. The normalized spacial score (nSPS) is 15.0. The summed E-state index contributed by atoms with van der Waals surface area (Å²) < 4.78 is 5.34. The van der Waals surface area contributed by atoms with E-state index in [0.717, 1.165) is 37.3 Å². The average molecular weight is 534 g/mol. The highest BCUT2D eigenvalue weighted by Crippen LogP contribution is 2.21. The number of H-pyrrole nitrogens is 1. The summed E-state index contributed by atoms with van der Waals surface area (Å²) in [6, 6.07) is 14.5. The van der Waals surface area contributed by atoms with Crippen LogP contribution in [0.2, 0.25) is 0 Å². The summed E-state index contributed by atoms with van der Waals surface area (Å²) >= 11 is 0. The van der Waals surface area contributed by atoms with Gasteiger partial charge in [0.1, 0.15) is 5.82 Å². The minimum atomic E-state index is 0. The molecule has 2 aromatic heterocycles. The van der Waals surface area contributed by atoms with Crippen LogP contribution in [0, 0.1) is 5.92 Å². The van der Waals surface area contributed by atoms with Gasteiger partial charge in [0.2, 0.25) is 5.82 Å². The van der Waals surface area contributed by atoms with Gasteiger partial charge in [0.05, 0.1) is 6.26 Å². The van der Waals surface area contributed by atoms with Crippen LogP contribution >= 0.6 is 24.0 Å². The lowest BCUT2D eigenvalue weighted by atomic mass is 9.90. The molecule has 4 rings (SSSR count). The maximum absolute atomic E-state index is 5.34. The number of hydrogen-bond acceptors (Lipinski definition) is 4. The van der Waals surface area contributed by atoms with Gasteiger partial charge in [-0.3, -0.25) is 10.1 Å². The van der Waals surface area contributed by atoms with Crippen molar-refractivity contribution in [3.05, 3.63) is 60.1 Å². The molecule has 0 atom stereocenters. The van der Waals surface area contributed by atoms with E-state index in [4.69, 9.17) is 9.41 Å². The molecule has 8 heteroatoms. The Hall–Kier alpha value is -2.36. The minimum Gasteiger partial charge on any atom is -0.461 e. The number of likely N-dealkylation sites (tertiary alicyclic amines) is 1. The first-order chi connectivity index (χ1) is 14.8. The lowest BCUT2D eigenvalue weighted by Gasteiger charge is -2.34. The fraction of sp³-hybridized carbons (Fsp3) is 0.435. The molecule has 1 aliphatic heterocycles. The molecule has 2 N–H and O–H groups in total. The van der Waals surface area contributed by atoms with E-state index in [0.29, 0.717) is 24.6 Å². The minimum absolute atomic E-state index is 0. The molecule has 0 unspecified atom stereocenters. The lowest BCUT2D eigenvalue weighted by molar-refractivity contribution is 0.259. The van der Waals surface area contributed by atoms with E-state index >= 15 is 0 Å². The molecule has 0 saturated carbocycles. The smallest absolute Gasteiger partial charge is 0.216 e. The van der Waals surface area contributed by atoms with E-state index in [1.54, 1.807) is 6.26 Å². The van der Waals surface area contributed by atoms with Crippen LogP contribution in [0.25, 0.3) is 11.6 Å². The number of hydrogen-bond donors (Lipinski definition) is 2. The van der Waals surface area contributed by atoms with Gasteiger partial charge in [0.15, 0.2) is 11.7 Å². The third-order valence-electron chi connectivity index (χ3n) is 5.50. The SMILES string of the molecule is CCNC(=NCCc1nc(-c2ccco2)n[nH]1)N1CCC(Cc2ccccc2)CC1.I. The zero-order valence-electron chi connectivity index (χ0n) is 18.0. The molecule has 3 aromatic rings. The molecule has 0 amide bonds. The first kappa shape index (κ1) is 23.3. The topological polar surface area (TPSA) is 82.3 Å². The first-order valence-corrected chi connectivity index (χ1v) is 10.8. The zero-order chi connectivity index (χ0) is 20.6. The molecule has 1 aromatic carbocycles. The molecule has 0 aliphatic carbocycles. The molecule has 3 heterocycles. The second-order valence-corrected chi connectivity index (χ2v) is 7.69. The van der Waals surface area contributed by atoms with Gasteiger partial charge in [-0.15, -0.1) is 24.0 Å². The predicted molar refractivity (Wildman–Crippen MR) is 134 cm³/mol. The maximum atomic E-state index is 5.34. The van der Waals surface area contributed by atoms with Crippen LogP contribution in [-0.4, -0.2) is 52.2 Å². The first-order valence-electron chi connectivity index (χ1n) is 10.8. The van der Waals surface area contributed by atoms with E-state index in [2.05, 4.69) is 62.7 Å². The number of furan rings is 1. The van der Waals surface area contributed by atoms with Crippen LogP contribution in [-0.2, 0) is 12.8 Å². The van der Waals surface area contributed by atoms with Crippen molar-refractivity contribution < 1.29 is 4.42 Å². The van der Waals surface area contributed by atoms with Crippen LogP contribution in [0.5, 0.6) is 0 Å². The van der Waals surface area contributed by atoms with E-state index in [1.807, 2.05) is 12.1 Å². The molecule has 0 radical (unpaired) electrons. The van der Waals surface area contributed by atoms with E-state index in [9.17, 15) is 0 Å². The Labute approximate surface area is 200 Å². The highest BCUT2D eigenvalue weighted by molar-refractivity contribution is 14.0. The predicted octanol–water partition coefficient (Wildman–Crippen LogP) is 4.15. The number of nitrogens with zero attached hydrogens (tertiary/aromatic N) is 4. The Morgan fingerprint density at radius 1 is 1.19 bits per heavy atom. The van der Waals surface area contributed by atoms with Crippen molar-refractivity contribution in [3.8, 4) is 11.6 Å². The molecule has 0 bridgehead atoms. The number of guanidine groups is 1. The van der Waals surface area contributed by atoms with E-state index in [1.165, 1.54) is 24.8 Å². The van der Waals surface area contributed by atoms with Crippen LogP contribution < -0.4 is 5.32 Å². The van der Waals surface area contributed by atoms with Gasteiger partial charge in [0.25, 0.3) is 0 Å². The molecule has 1 aliphatic rings. The summed E-state index contributed by atoms with van der Waals surface area (Å²) in [4.78, 5) is 11.7. The molecule has 0 spiro atoms. The van der Waals surface area contributed by atoms with Crippen molar-refractivity contribution in [1.29, 1.82) is 0 Å². The van der Waals surface area contributed by atoms with Crippen LogP contribution in [0.1, 0.15) is 31.2 Å². The number of halogens is 1. The molecule has 166 valence electrons. The summed E-state index contributed by atoms with van der Waals surface area (Å²) in [5.74, 6) is 3.84. The number of benzene rings is 1. The number of piperidine rings is 1. The van der Waals surface area contributed by atoms with Crippen LogP contribution in [0.15, 0.2) is 58.1 Å². The largest absolute Gasteiger partial charge is 0.461 e. The average Bonchev–Trinajstić information content (AvgIpc) is 3.47. The van der Waals surface area contributed by atoms with Gasteiger partial charge in [-0.2, -0.15) is 5.10 Å². The summed E-state index contributed by atoms with van der Waals surface area (Å²) in [7, 11) is 0. The second-order valence-electron chi connectivity index (χ2n) is 7.69. The van der Waals surface area contributed by atoms with Crippen molar-refractivity contribution in [2.24, 2.45) is 10.9 Å². The number of nitrogens with one attached hydrogen (secondary N) is 2. The Morgan fingerprint density at radius 3 is 2.71 bits per heavy atom. The van der Waals surface area contributed by atoms with Gasteiger partial charge >= 0.3 is 0 Å². The van der Waals surface area contributed by atoms with Crippen LogP contribution in [0.3, 0.4) is 0 Å². The van der Waals surface area contributed by atoms with Crippen LogP contribution in [0.4, 0.5) is 0 Å². The van der Waals surface area contributed by atoms with Crippen molar-refractivity contribution in [1.82, 2.24) is 25.4 Å². The third kappa shape index (κ3) is 6.56.